The van der Waals surface area contributed by atoms with E-state index in [1.54, 1.807) is 0 Å². The van der Waals surface area contributed by atoms with E-state index in [-0.39, 0.29) is 19.0 Å². The van der Waals surface area contributed by atoms with Crippen molar-refractivity contribution in [3.8, 4) is 0 Å². The summed E-state index contributed by atoms with van der Waals surface area (Å²) in [6, 6.07) is 8.04. The predicted molar refractivity (Wildman–Crippen MR) is 70.8 cm³/mol. The van der Waals surface area contributed by atoms with Crippen LogP contribution in [0, 0.1) is 5.41 Å². The van der Waals surface area contributed by atoms with Gasteiger partial charge in [0.15, 0.2) is 0 Å². The molecule has 0 aromatic heterocycles. The summed E-state index contributed by atoms with van der Waals surface area (Å²) in [7, 11) is 0. The first kappa shape index (κ1) is 15.4. The first-order chi connectivity index (χ1) is 7.01. The highest BCUT2D eigenvalue weighted by atomic mass is 35.5. The largest absolute Gasteiger partial charge is 0.392 e. The Morgan fingerprint density at radius 3 is 2.38 bits per heavy atom. The van der Waals surface area contributed by atoms with Crippen molar-refractivity contribution >= 4 is 12.4 Å². The van der Waals surface area contributed by atoms with E-state index >= 15 is 0 Å². The Labute approximate surface area is 104 Å². The van der Waals surface area contributed by atoms with E-state index in [4.69, 9.17) is 5.11 Å². The highest BCUT2D eigenvalue weighted by Gasteiger charge is 2.08. The Kier molecular flexibility index (Phi) is 6.65. The van der Waals surface area contributed by atoms with E-state index in [9.17, 15) is 0 Å². The number of hydrogen-bond donors (Lipinski definition) is 2. The molecule has 2 N–H and O–H groups in total. The van der Waals surface area contributed by atoms with E-state index in [0.29, 0.717) is 5.41 Å². The Morgan fingerprint density at radius 1 is 1.19 bits per heavy atom. The molecular formula is C13H22ClNO. The molecule has 0 saturated heterocycles. The Hall–Kier alpha value is -0.570. The minimum absolute atomic E-state index is 0. The predicted octanol–water partition coefficient (Wildman–Crippen LogP) is 2.74. The van der Waals surface area contributed by atoms with Gasteiger partial charge in [-0.1, -0.05) is 45.0 Å². The molecule has 0 unspecified atom stereocenters. The molecule has 92 valence electrons. The van der Waals surface area contributed by atoms with Gasteiger partial charge in [-0.2, -0.15) is 0 Å². The Morgan fingerprint density at radius 2 is 1.81 bits per heavy atom. The molecule has 0 saturated carbocycles. The SMILES string of the molecule is CC(C)(C)CNCc1cccc(CO)c1.Cl. The molecular weight excluding hydrogens is 222 g/mol. The van der Waals surface area contributed by atoms with E-state index < -0.39 is 0 Å². The van der Waals surface area contributed by atoms with Gasteiger partial charge in [-0.05, 0) is 16.5 Å². The number of hydrogen-bond acceptors (Lipinski definition) is 2. The molecule has 16 heavy (non-hydrogen) atoms. The van der Waals surface area contributed by atoms with Crippen molar-refractivity contribution in [2.24, 2.45) is 5.41 Å². The van der Waals surface area contributed by atoms with Crippen LogP contribution in [-0.2, 0) is 13.2 Å². The quantitative estimate of drug-likeness (QED) is 0.853. The third-order valence-corrected chi connectivity index (χ3v) is 2.16. The van der Waals surface area contributed by atoms with Gasteiger partial charge in [-0.3, -0.25) is 0 Å². The number of rotatable bonds is 4. The summed E-state index contributed by atoms with van der Waals surface area (Å²) in [5, 5.41) is 12.4. The van der Waals surface area contributed by atoms with Gasteiger partial charge in [0.05, 0.1) is 6.61 Å². The molecule has 0 radical (unpaired) electrons. The lowest BCUT2D eigenvalue weighted by Gasteiger charge is -2.18. The number of aliphatic hydroxyl groups is 1. The van der Waals surface area contributed by atoms with Gasteiger partial charge < -0.3 is 10.4 Å². The lowest BCUT2D eigenvalue weighted by molar-refractivity contribution is 0.281. The van der Waals surface area contributed by atoms with Crippen molar-refractivity contribution in [2.75, 3.05) is 6.54 Å². The molecule has 0 aliphatic carbocycles. The second-order valence-electron chi connectivity index (χ2n) is 5.14. The van der Waals surface area contributed by atoms with Gasteiger partial charge in [0.1, 0.15) is 0 Å². The highest BCUT2D eigenvalue weighted by molar-refractivity contribution is 5.85. The average molecular weight is 244 g/mol. The maximum atomic E-state index is 9.00. The van der Waals surface area contributed by atoms with Crippen LogP contribution in [0.5, 0.6) is 0 Å². The zero-order valence-electron chi connectivity index (χ0n) is 10.3. The molecule has 1 rings (SSSR count). The summed E-state index contributed by atoms with van der Waals surface area (Å²) in [5.41, 5.74) is 2.52. The molecule has 3 heteroatoms. The summed E-state index contributed by atoms with van der Waals surface area (Å²) >= 11 is 0. The third-order valence-electron chi connectivity index (χ3n) is 2.16. The first-order valence-electron chi connectivity index (χ1n) is 5.41. The smallest absolute Gasteiger partial charge is 0.0681 e. The molecule has 0 fully saturated rings. The number of aliphatic hydroxyl groups excluding tert-OH is 1. The van der Waals surface area contributed by atoms with Crippen LogP contribution in [0.2, 0.25) is 0 Å². The van der Waals surface area contributed by atoms with Crippen LogP contribution in [0.15, 0.2) is 24.3 Å². The summed E-state index contributed by atoms with van der Waals surface area (Å²) in [4.78, 5) is 0. The van der Waals surface area contributed by atoms with Gasteiger partial charge in [-0.15, -0.1) is 12.4 Å². The van der Waals surface area contributed by atoms with Crippen LogP contribution in [-0.4, -0.2) is 11.7 Å². The maximum Gasteiger partial charge on any atom is 0.0681 e. The van der Waals surface area contributed by atoms with Crippen molar-refractivity contribution in [1.29, 1.82) is 0 Å². The van der Waals surface area contributed by atoms with E-state index in [1.165, 1.54) is 5.56 Å². The summed E-state index contributed by atoms with van der Waals surface area (Å²) in [6.45, 7) is 8.62. The molecule has 0 aliphatic rings. The van der Waals surface area contributed by atoms with Gasteiger partial charge >= 0.3 is 0 Å². The van der Waals surface area contributed by atoms with Gasteiger partial charge in [0, 0.05) is 13.1 Å². The van der Waals surface area contributed by atoms with Gasteiger partial charge in [-0.25, -0.2) is 0 Å². The molecule has 2 nitrogen and oxygen atoms in total. The fourth-order valence-electron chi connectivity index (χ4n) is 1.42. The Bertz CT molecular complexity index is 307. The molecule has 0 atom stereocenters. The molecule has 1 aromatic rings. The molecule has 0 amide bonds. The van der Waals surface area contributed by atoms with Gasteiger partial charge in [0.2, 0.25) is 0 Å². The second kappa shape index (κ2) is 6.89. The lowest BCUT2D eigenvalue weighted by Crippen LogP contribution is -2.26. The van der Waals surface area contributed by atoms with Crippen LogP contribution >= 0.6 is 12.4 Å². The fraction of sp³-hybridized carbons (Fsp3) is 0.538. The topological polar surface area (TPSA) is 32.3 Å². The standard InChI is InChI=1S/C13H21NO.ClH/c1-13(2,3)10-14-8-11-5-4-6-12(7-11)9-15;/h4-7,14-15H,8-10H2,1-3H3;1H. The number of nitrogens with one attached hydrogen (secondary N) is 1. The molecule has 1 aromatic carbocycles. The normalized spacial score (nSPS) is 11.0. The van der Waals surface area contributed by atoms with Crippen LogP contribution in [0.1, 0.15) is 31.9 Å². The zero-order valence-corrected chi connectivity index (χ0v) is 11.1. The van der Waals surface area contributed by atoms with Crippen molar-refractivity contribution < 1.29 is 5.11 Å². The summed E-state index contributed by atoms with van der Waals surface area (Å²) < 4.78 is 0. The van der Waals surface area contributed by atoms with Crippen LogP contribution in [0.25, 0.3) is 0 Å². The molecule has 0 heterocycles. The molecule has 0 bridgehead atoms. The molecule has 0 aliphatic heterocycles. The number of halogens is 1. The minimum Gasteiger partial charge on any atom is -0.392 e. The first-order valence-corrected chi connectivity index (χ1v) is 5.41. The third kappa shape index (κ3) is 6.11. The van der Waals surface area contributed by atoms with Crippen LogP contribution in [0.4, 0.5) is 0 Å². The summed E-state index contributed by atoms with van der Waals surface area (Å²) in [6.07, 6.45) is 0. The lowest BCUT2D eigenvalue weighted by atomic mass is 9.97. The van der Waals surface area contributed by atoms with Crippen LogP contribution < -0.4 is 5.32 Å². The van der Waals surface area contributed by atoms with Gasteiger partial charge in [0.25, 0.3) is 0 Å². The highest BCUT2D eigenvalue weighted by Crippen LogP contribution is 2.11. The van der Waals surface area contributed by atoms with E-state index in [1.807, 2.05) is 18.2 Å². The zero-order chi connectivity index (χ0) is 11.3. The maximum absolute atomic E-state index is 9.00. The van der Waals surface area contributed by atoms with Crippen molar-refractivity contribution in [3.05, 3.63) is 35.4 Å². The monoisotopic (exact) mass is 243 g/mol. The van der Waals surface area contributed by atoms with E-state index in [2.05, 4.69) is 32.2 Å². The average Bonchev–Trinajstić information content (AvgIpc) is 2.16. The van der Waals surface area contributed by atoms with Crippen molar-refractivity contribution in [3.63, 3.8) is 0 Å². The molecule has 0 spiro atoms. The second-order valence-corrected chi connectivity index (χ2v) is 5.14. The Balaban J connectivity index is 0.00000225. The fourth-order valence-corrected chi connectivity index (χ4v) is 1.42. The number of benzene rings is 1. The summed E-state index contributed by atoms with van der Waals surface area (Å²) in [5.74, 6) is 0. The van der Waals surface area contributed by atoms with Crippen LogP contribution in [0.3, 0.4) is 0 Å². The van der Waals surface area contributed by atoms with Crippen molar-refractivity contribution in [1.82, 2.24) is 5.32 Å². The van der Waals surface area contributed by atoms with E-state index in [0.717, 1.165) is 18.7 Å². The minimum atomic E-state index is 0. The van der Waals surface area contributed by atoms with Crippen molar-refractivity contribution in [2.45, 2.75) is 33.9 Å².